The first-order valence-electron chi connectivity index (χ1n) is 13.7. The molecule has 0 fully saturated rings. The molecule has 0 aliphatic carbocycles. The van der Waals surface area contributed by atoms with Gasteiger partial charge in [0.15, 0.2) is 0 Å². The lowest BCUT2D eigenvalue weighted by Crippen LogP contribution is -2.34. The minimum absolute atomic E-state index is 0.0544. The Morgan fingerprint density at radius 2 is 1.66 bits per heavy atom. The van der Waals surface area contributed by atoms with E-state index in [1.807, 2.05) is 77.0 Å². The summed E-state index contributed by atoms with van der Waals surface area (Å²) in [4.78, 5) is 35.3. The number of carbonyl (C=O) groups excluding carboxylic acids is 2. The van der Waals surface area contributed by atoms with Crippen LogP contribution in [0.3, 0.4) is 0 Å². The van der Waals surface area contributed by atoms with Gasteiger partial charge in [0.1, 0.15) is 28.7 Å². The summed E-state index contributed by atoms with van der Waals surface area (Å²) in [5.74, 6) is 1.03. The van der Waals surface area contributed by atoms with Gasteiger partial charge in [-0.15, -0.1) is 0 Å². The molecule has 4 aromatic rings. The molecule has 4 amide bonds. The maximum Gasteiger partial charge on any atom is 0.324 e. The molecule has 12 nitrogen and oxygen atoms in total. The molecule has 44 heavy (non-hydrogen) atoms. The Morgan fingerprint density at radius 1 is 0.932 bits per heavy atom. The monoisotopic (exact) mass is 639 g/mol. The maximum absolute atomic E-state index is 13.1. The van der Waals surface area contributed by atoms with Crippen molar-refractivity contribution in [1.29, 1.82) is 0 Å². The van der Waals surface area contributed by atoms with Gasteiger partial charge >= 0.3 is 12.1 Å². The van der Waals surface area contributed by atoms with E-state index in [9.17, 15) is 9.59 Å². The highest BCUT2D eigenvalue weighted by Gasteiger charge is 2.22. The van der Waals surface area contributed by atoms with Crippen molar-refractivity contribution >= 4 is 52.6 Å². The van der Waals surface area contributed by atoms with Crippen LogP contribution in [0.1, 0.15) is 32.0 Å². The van der Waals surface area contributed by atoms with Crippen LogP contribution in [0.4, 0.5) is 26.9 Å². The Morgan fingerprint density at radius 3 is 2.34 bits per heavy atom. The summed E-state index contributed by atoms with van der Waals surface area (Å²) in [5.41, 5.74) is 2.74. The summed E-state index contributed by atoms with van der Waals surface area (Å²) in [6.07, 6.45) is 1.24. The largest absolute Gasteiger partial charge is 0.437 e. The van der Waals surface area contributed by atoms with Crippen molar-refractivity contribution < 1.29 is 14.3 Å². The Kier molecular flexibility index (Phi) is 10.3. The van der Waals surface area contributed by atoms with Crippen molar-refractivity contribution in [2.24, 2.45) is 0 Å². The van der Waals surface area contributed by atoms with E-state index in [0.717, 1.165) is 16.9 Å². The molecule has 0 aliphatic heterocycles. The lowest BCUT2D eigenvalue weighted by Gasteiger charge is -2.14. The van der Waals surface area contributed by atoms with Gasteiger partial charge in [0, 0.05) is 30.6 Å². The van der Waals surface area contributed by atoms with Gasteiger partial charge in [0.2, 0.25) is 5.88 Å². The van der Waals surface area contributed by atoms with E-state index in [2.05, 4.69) is 31.2 Å². The second-order valence-corrected chi connectivity index (χ2v) is 12.0. The van der Waals surface area contributed by atoms with E-state index in [1.54, 1.807) is 16.8 Å². The van der Waals surface area contributed by atoms with Crippen LogP contribution < -0.4 is 26.0 Å². The zero-order chi connectivity index (χ0) is 32.0. The van der Waals surface area contributed by atoms with Crippen LogP contribution in [0, 0.1) is 6.92 Å². The molecule has 14 heteroatoms. The van der Waals surface area contributed by atoms with Crippen molar-refractivity contribution in [3.8, 4) is 17.3 Å². The van der Waals surface area contributed by atoms with Crippen molar-refractivity contribution in [3.63, 3.8) is 0 Å². The summed E-state index contributed by atoms with van der Waals surface area (Å²) in [6, 6.07) is 13.3. The molecule has 0 unspecified atom stereocenters. The number of amides is 4. The fourth-order valence-electron chi connectivity index (χ4n) is 3.83. The van der Waals surface area contributed by atoms with Gasteiger partial charge in [-0.25, -0.2) is 24.2 Å². The van der Waals surface area contributed by atoms with E-state index in [0.29, 0.717) is 18.9 Å². The smallest absolute Gasteiger partial charge is 0.324 e. The third kappa shape index (κ3) is 8.59. The number of rotatable bonds is 9. The van der Waals surface area contributed by atoms with Crippen LogP contribution in [0.25, 0.3) is 5.69 Å². The van der Waals surface area contributed by atoms with E-state index in [4.69, 9.17) is 33.0 Å². The number of likely N-dealkylation sites (N-methyl/N-ethyl adjacent to an activating group) is 1. The molecular formula is C30H35Cl2N9O3. The molecule has 4 N–H and O–H groups in total. The SMILES string of the molecule is Cc1ccc(-n2nc(C(C)(C)C)cc2NC(=O)Nc2ccc(Oc3cc(NC(=O)NCCN(C)C)ncn3)c(Cl)c2Cl)cc1. The number of urea groups is 2. The predicted octanol–water partition coefficient (Wildman–Crippen LogP) is 6.69. The molecule has 0 atom stereocenters. The van der Waals surface area contributed by atoms with Crippen LogP contribution in [-0.4, -0.2) is 63.9 Å². The molecule has 0 saturated heterocycles. The predicted molar refractivity (Wildman–Crippen MR) is 174 cm³/mol. The average Bonchev–Trinajstić information content (AvgIpc) is 3.37. The Balaban J connectivity index is 1.45. The Bertz CT molecular complexity index is 1630. The summed E-state index contributed by atoms with van der Waals surface area (Å²) in [7, 11) is 3.82. The summed E-state index contributed by atoms with van der Waals surface area (Å²) in [5, 5.41) is 15.8. The molecular weight excluding hydrogens is 605 g/mol. The number of nitrogens with zero attached hydrogens (tertiary/aromatic N) is 5. The first kappa shape index (κ1) is 32.5. The number of hydrogen-bond acceptors (Lipinski definition) is 7. The Hall–Kier alpha value is -4.39. The van der Waals surface area contributed by atoms with Crippen LogP contribution >= 0.6 is 23.2 Å². The van der Waals surface area contributed by atoms with Crippen molar-refractivity contribution in [2.45, 2.75) is 33.1 Å². The van der Waals surface area contributed by atoms with Gasteiger partial charge in [-0.2, -0.15) is 5.10 Å². The van der Waals surface area contributed by atoms with Crippen LogP contribution in [-0.2, 0) is 5.41 Å². The molecule has 232 valence electrons. The van der Waals surface area contributed by atoms with Crippen molar-refractivity contribution in [1.82, 2.24) is 30.0 Å². The van der Waals surface area contributed by atoms with Gasteiger partial charge in [0.25, 0.3) is 0 Å². The maximum atomic E-state index is 13.1. The second-order valence-electron chi connectivity index (χ2n) is 11.3. The van der Waals surface area contributed by atoms with E-state index in [-0.39, 0.29) is 38.6 Å². The highest BCUT2D eigenvalue weighted by Crippen LogP contribution is 2.39. The fourth-order valence-corrected chi connectivity index (χ4v) is 4.23. The number of benzene rings is 2. The highest BCUT2D eigenvalue weighted by atomic mass is 35.5. The minimum atomic E-state index is -0.541. The molecule has 0 spiro atoms. The standard InChI is InChI=1S/C30H35Cl2N9O3/c1-18-7-9-19(10-8-18)41-24(15-22(39-41)30(2,3)4)38-29(43)36-20-11-12-21(27(32)26(20)31)44-25-16-23(34-17-35-25)37-28(42)33-13-14-40(5)6/h7-12,15-17H,13-14H2,1-6H3,(H2,36,38,43)(H2,33,34,35,37,42). The van der Waals surface area contributed by atoms with E-state index < -0.39 is 12.1 Å². The molecule has 0 aliphatic rings. The van der Waals surface area contributed by atoms with Crippen LogP contribution in [0.2, 0.25) is 10.0 Å². The number of carbonyl (C=O) groups is 2. The van der Waals surface area contributed by atoms with E-state index in [1.165, 1.54) is 12.4 Å². The van der Waals surface area contributed by atoms with Gasteiger partial charge in [0.05, 0.1) is 22.1 Å². The lowest BCUT2D eigenvalue weighted by molar-refractivity contribution is 0.250. The lowest BCUT2D eigenvalue weighted by atomic mass is 9.92. The number of anilines is 3. The van der Waals surface area contributed by atoms with Crippen molar-refractivity contribution in [3.05, 3.63) is 76.2 Å². The van der Waals surface area contributed by atoms with Gasteiger partial charge < -0.3 is 20.3 Å². The summed E-state index contributed by atoms with van der Waals surface area (Å²) in [6.45, 7) is 9.30. The number of ether oxygens (including phenoxy) is 1. The quantitative estimate of drug-likeness (QED) is 0.160. The number of halogens is 2. The number of nitrogens with one attached hydrogen (secondary N) is 4. The topological polar surface area (TPSA) is 138 Å². The minimum Gasteiger partial charge on any atom is -0.437 e. The zero-order valence-electron chi connectivity index (χ0n) is 25.3. The third-order valence-corrected chi connectivity index (χ3v) is 7.10. The van der Waals surface area contributed by atoms with Gasteiger partial charge in [-0.1, -0.05) is 61.7 Å². The molecule has 2 heterocycles. The summed E-state index contributed by atoms with van der Waals surface area (Å²) >= 11 is 13.0. The Labute approximate surface area is 266 Å². The van der Waals surface area contributed by atoms with Crippen LogP contribution in [0.15, 0.2) is 54.9 Å². The third-order valence-electron chi connectivity index (χ3n) is 6.24. The number of aromatic nitrogens is 4. The molecule has 2 aromatic heterocycles. The number of hydrogen-bond donors (Lipinski definition) is 4. The van der Waals surface area contributed by atoms with Gasteiger partial charge in [-0.05, 0) is 45.3 Å². The molecule has 0 saturated carbocycles. The molecule has 0 bridgehead atoms. The number of aryl methyl sites for hydroxylation is 1. The molecule has 4 rings (SSSR count). The van der Waals surface area contributed by atoms with Crippen molar-refractivity contribution in [2.75, 3.05) is 43.1 Å². The average molecular weight is 641 g/mol. The first-order chi connectivity index (χ1) is 20.8. The fraction of sp³-hybridized carbons (Fsp3) is 0.300. The summed E-state index contributed by atoms with van der Waals surface area (Å²) < 4.78 is 7.49. The van der Waals surface area contributed by atoms with Gasteiger partial charge in [-0.3, -0.25) is 10.6 Å². The highest BCUT2D eigenvalue weighted by molar-refractivity contribution is 6.45. The second kappa shape index (κ2) is 13.9. The van der Waals surface area contributed by atoms with Crippen LogP contribution in [0.5, 0.6) is 11.6 Å². The normalized spacial score (nSPS) is 11.3. The zero-order valence-corrected chi connectivity index (χ0v) is 26.8. The molecule has 0 radical (unpaired) electrons. The first-order valence-corrected chi connectivity index (χ1v) is 14.5. The molecule has 2 aromatic carbocycles. The van der Waals surface area contributed by atoms with E-state index >= 15 is 0 Å².